The van der Waals surface area contributed by atoms with Crippen molar-refractivity contribution in [2.24, 2.45) is 0 Å². The van der Waals surface area contributed by atoms with Gasteiger partial charge in [0.1, 0.15) is 11.5 Å². The van der Waals surface area contributed by atoms with Gasteiger partial charge in [0.25, 0.3) is 0 Å². The molecule has 0 aliphatic carbocycles. The van der Waals surface area contributed by atoms with Gasteiger partial charge in [-0.15, -0.1) is 11.3 Å². The van der Waals surface area contributed by atoms with Gasteiger partial charge in [0.15, 0.2) is 5.13 Å². The zero-order chi connectivity index (χ0) is 25.9. The number of thiazole rings is 1. The largest absolute Gasteiger partial charge is 0.497 e. The summed E-state index contributed by atoms with van der Waals surface area (Å²) in [6.45, 7) is 5.63. The number of aromatic nitrogens is 1. The molecule has 1 heterocycles. The third kappa shape index (κ3) is 8.05. The van der Waals surface area contributed by atoms with E-state index >= 15 is 0 Å². The lowest BCUT2D eigenvalue weighted by Gasteiger charge is -2.22. The number of anilines is 1. The summed E-state index contributed by atoms with van der Waals surface area (Å²) in [4.78, 5) is 7.15. The van der Waals surface area contributed by atoms with E-state index in [0.717, 1.165) is 33.5 Å². The molecule has 194 valence electrons. The highest BCUT2D eigenvalue weighted by Gasteiger charge is 2.14. The molecular formula is C30H34N2O4S. The molecule has 0 saturated heterocycles. The van der Waals surface area contributed by atoms with Crippen LogP contribution in [-0.2, 0) is 35.8 Å². The van der Waals surface area contributed by atoms with Gasteiger partial charge in [0, 0.05) is 18.5 Å². The van der Waals surface area contributed by atoms with Crippen LogP contribution in [0.3, 0.4) is 0 Å². The average molecular weight is 519 g/mol. The summed E-state index contributed by atoms with van der Waals surface area (Å²) in [6, 6.07) is 24.5. The number of benzene rings is 3. The Morgan fingerprint density at radius 2 is 1.38 bits per heavy atom. The number of hydrogen-bond acceptors (Lipinski definition) is 7. The lowest BCUT2D eigenvalue weighted by molar-refractivity contribution is 0.0329. The summed E-state index contributed by atoms with van der Waals surface area (Å²) < 4.78 is 22.5. The lowest BCUT2D eigenvalue weighted by atomic mass is 10.1. The summed E-state index contributed by atoms with van der Waals surface area (Å²) in [7, 11) is 3.38. The van der Waals surface area contributed by atoms with Crippen LogP contribution in [0, 0.1) is 6.92 Å². The molecule has 0 aliphatic rings. The maximum absolute atomic E-state index is 5.85. The molecule has 6 nitrogen and oxygen atoms in total. The Labute approximate surface area is 223 Å². The van der Waals surface area contributed by atoms with Gasteiger partial charge in [-0.1, -0.05) is 48.5 Å². The predicted molar refractivity (Wildman–Crippen MR) is 148 cm³/mol. The molecular weight excluding hydrogens is 484 g/mol. The normalized spacial score (nSPS) is 10.9. The Bertz CT molecular complexity index is 1210. The molecule has 0 aliphatic heterocycles. The van der Waals surface area contributed by atoms with E-state index in [4.69, 9.17) is 23.9 Å². The molecule has 0 N–H and O–H groups in total. The van der Waals surface area contributed by atoms with Gasteiger partial charge in [0.05, 0.1) is 46.3 Å². The second kappa shape index (κ2) is 13.8. The van der Waals surface area contributed by atoms with Crippen molar-refractivity contribution in [2.45, 2.75) is 33.2 Å². The van der Waals surface area contributed by atoms with Crippen LogP contribution in [0.2, 0.25) is 0 Å². The van der Waals surface area contributed by atoms with Crippen molar-refractivity contribution < 1.29 is 18.9 Å². The summed E-state index contributed by atoms with van der Waals surface area (Å²) in [6.07, 6.45) is 0. The molecule has 0 saturated carbocycles. The van der Waals surface area contributed by atoms with Crippen molar-refractivity contribution in [1.29, 1.82) is 0 Å². The quantitative estimate of drug-likeness (QED) is 0.180. The van der Waals surface area contributed by atoms with E-state index in [1.54, 1.807) is 25.6 Å². The summed E-state index contributed by atoms with van der Waals surface area (Å²) in [5.74, 6) is 1.69. The van der Waals surface area contributed by atoms with Crippen LogP contribution in [0.1, 0.15) is 27.9 Å². The van der Waals surface area contributed by atoms with Crippen LogP contribution in [0.5, 0.6) is 11.5 Å². The number of nitrogens with zero attached hydrogens (tertiary/aromatic N) is 2. The summed E-state index contributed by atoms with van der Waals surface area (Å²) >= 11 is 1.62. The van der Waals surface area contributed by atoms with E-state index in [9.17, 15) is 0 Å². The van der Waals surface area contributed by atoms with Gasteiger partial charge in [-0.3, -0.25) is 0 Å². The van der Waals surface area contributed by atoms with Crippen LogP contribution in [0.25, 0.3) is 0 Å². The Morgan fingerprint density at radius 3 is 2.00 bits per heavy atom. The molecule has 4 rings (SSSR count). The molecule has 0 spiro atoms. The minimum atomic E-state index is 0.455. The molecule has 0 radical (unpaired) electrons. The van der Waals surface area contributed by atoms with Crippen LogP contribution < -0.4 is 14.4 Å². The lowest BCUT2D eigenvalue weighted by Crippen LogP contribution is -2.22. The zero-order valence-corrected chi connectivity index (χ0v) is 22.5. The zero-order valence-electron chi connectivity index (χ0n) is 21.7. The second-order valence-corrected chi connectivity index (χ2v) is 9.55. The fraction of sp³-hybridized carbons (Fsp3) is 0.300. The van der Waals surface area contributed by atoms with E-state index in [1.807, 2.05) is 36.4 Å². The van der Waals surface area contributed by atoms with Gasteiger partial charge in [-0.2, -0.15) is 0 Å². The van der Waals surface area contributed by atoms with E-state index in [-0.39, 0.29) is 0 Å². The maximum atomic E-state index is 5.85. The molecule has 7 heteroatoms. The molecule has 1 aromatic heterocycles. The number of ether oxygens (including phenoxy) is 4. The van der Waals surface area contributed by atoms with E-state index in [0.29, 0.717) is 39.5 Å². The number of aryl methyl sites for hydroxylation is 1. The van der Waals surface area contributed by atoms with Gasteiger partial charge in [-0.05, 0) is 53.4 Å². The monoisotopic (exact) mass is 518 g/mol. The van der Waals surface area contributed by atoms with E-state index in [1.165, 1.54) is 11.1 Å². The highest BCUT2D eigenvalue weighted by atomic mass is 32.1. The third-order valence-electron chi connectivity index (χ3n) is 5.97. The molecule has 37 heavy (non-hydrogen) atoms. The third-order valence-corrected chi connectivity index (χ3v) is 6.92. The molecule has 0 amide bonds. The first-order valence-electron chi connectivity index (χ1n) is 12.3. The fourth-order valence-electron chi connectivity index (χ4n) is 3.93. The average Bonchev–Trinajstić information content (AvgIpc) is 3.40. The predicted octanol–water partition coefficient (Wildman–Crippen LogP) is 6.41. The first kappa shape index (κ1) is 26.7. The second-order valence-electron chi connectivity index (χ2n) is 8.71. The first-order chi connectivity index (χ1) is 18.1. The molecule has 4 aromatic rings. The standard InChI is InChI=1S/C30H34N2O4S/c1-23-8-4-5-11-26(23)20-35-14-15-36-21-27-22-37-30(31-27)32(18-24-9-6-12-28(16-24)33-2)19-25-10-7-13-29(17-25)34-3/h4-13,16-17,22H,14-15,18-21H2,1-3H3. The molecule has 0 bridgehead atoms. The number of hydrogen-bond donors (Lipinski definition) is 0. The Morgan fingerprint density at radius 1 is 0.757 bits per heavy atom. The minimum Gasteiger partial charge on any atom is -0.497 e. The van der Waals surface area contributed by atoms with Crippen LogP contribution in [0.4, 0.5) is 5.13 Å². The molecule has 0 unspecified atom stereocenters. The topological polar surface area (TPSA) is 53.1 Å². The van der Waals surface area contributed by atoms with Crippen molar-refractivity contribution in [3.05, 3.63) is 106 Å². The highest BCUT2D eigenvalue weighted by molar-refractivity contribution is 7.13. The van der Waals surface area contributed by atoms with Crippen LogP contribution in [-0.4, -0.2) is 32.4 Å². The molecule has 0 atom stereocenters. The maximum Gasteiger partial charge on any atom is 0.186 e. The van der Waals surface area contributed by atoms with Gasteiger partial charge < -0.3 is 23.8 Å². The van der Waals surface area contributed by atoms with E-state index in [2.05, 4.69) is 53.6 Å². The van der Waals surface area contributed by atoms with Crippen molar-refractivity contribution in [3.8, 4) is 11.5 Å². The van der Waals surface area contributed by atoms with Crippen molar-refractivity contribution in [1.82, 2.24) is 4.98 Å². The van der Waals surface area contributed by atoms with Crippen molar-refractivity contribution >= 4 is 16.5 Å². The van der Waals surface area contributed by atoms with Crippen molar-refractivity contribution in [2.75, 3.05) is 32.3 Å². The number of methoxy groups -OCH3 is 2. The highest BCUT2D eigenvalue weighted by Crippen LogP contribution is 2.27. The minimum absolute atomic E-state index is 0.455. The first-order valence-corrected chi connectivity index (χ1v) is 13.2. The Kier molecular flexibility index (Phi) is 9.94. The van der Waals surface area contributed by atoms with Crippen molar-refractivity contribution in [3.63, 3.8) is 0 Å². The van der Waals surface area contributed by atoms with Crippen LogP contribution in [0.15, 0.2) is 78.2 Å². The van der Waals surface area contributed by atoms with Gasteiger partial charge >= 0.3 is 0 Å². The smallest absolute Gasteiger partial charge is 0.186 e. The summed E-state index contributed by atoms with van der Waals surface area (Å²) in [5.41, 5.74) is 5.67. The van der Waals surface area contributed by atoms with Gasteiger partial charge in [-0.25, -0.2) is 4.98 Å². The van der Waals surface area contributed by atoms with Gasteiger partial charge in [0.2, 0.25) is 0 Å². The molecule has 3 aromatic carbocycles. The van der Waals surface area contributed by atoms with E-state index < -0.39 is 0 Å². The van der Waals surface area contributed by atoms with Crippen LogP contribution >= 0.6 is 11.3 Å². The summed E-state index contributed by atoms with van der Waals surface area (Å²) in [5, 5.41) is 3.01. The SMILES string of the molecule is COc1cccc(CN(Cc2cccc(OC)c2)c2nc(COCCOCc3ccccc3C)cs2)c1. The Balaban J connectivity index is 1.35. The number of rotatable bonds is 14. The molecule has 0 fully saturated rings. The fourth-order valence-corrected chi connectivity index (χ4v) is 4.74. The Hall–Kier alpha value is -3.39.